The van der Waals surface area contributed by atoms with E-state index in [0.717, 1.165) is 44.9 Å². The van der Waals surface area contributed by atoms with Gasteiger partial charge in [-0.3, -0.25) is 0 Å². The van der Waals surface area contributed by atoms with Crippen molar-refractivity contribution in [1.82, 2.24) is 4.31 Å². The van der Waals surface area contributed by atoms with Crippen molar-refractivity contribution < 1.29 is 13.2 Å². The Bertz CT molecular complexity index is 632. The molecule has 2 aliphatic rings. The predicted molar refractivity (Wildman–Crippen MR) is 86.9 cm³/mol. The van der Waals surface area contributed by atoms with Crippen LogP contribution in [0.5, 0.6) is 5.75 Å². The average Bonchev–Trinajstić information content (AvgIpc) is 2.83. The van der Waals surface area contributed by atoms with Crippen molar-refractivity contribution in [3.63, 3.8) is 0 Å². The summed E-state index contributed by atoms with van der Waals surface area (Å²) in [5, 5.41) is 0. The molecule has 0 bridgehead atoms. The van der Waals surface area contributed by atoms with E-state index in [1.165, 1.54) is 17.5 Å². The van der Waals surface area contributed by atoms with Gasteiger partial charge in [0, 0.05) is 13.1 Å². The SMILES string of the molecule is COc1cc2c(cc1S(=O)(=O)N1CCCCCC1)CCCC2. The number of ether oxygens (including phenoxy) is 1. The van der Waals surface area contributed by atoms with Crippen LogP contribution in [0.1, 0.15) is 49.7 Å². The highest BCUT2D eigenvalue weighted by Gasteiger charge is 2.29. The van der Waals surface area contributed by atoms with Crippen molar-refractivity contribution in [2.24, 2.45) is 0 Å². The molecule has 0 atom stereocenters. The summed E-state index contributed by atoms with van der Waals surface area (Å²) in [6.07, 6.45) is 8.45. The molecule has 0 aromatic heterocycles. The van der Waals surface area contributed by atoms with Crippen LogP contribution in [0.25, 0.3) is 0 Å². The number of benzene rings is 1. The lowest BCUT2D eigenvalue weighted by atomic mass is 9.92. The first-order valence-corrected chi connectivity index (χ1v) is 9.77. The second-order valence-corrected chi connectivity index (χ2v) is 8.20. The largest absolute Gasteiger partial charge is 0.495 e. The van der Waals surface area contributed by atoms with Crippen LogP contribution < -0.4 is 4.74 Å². The molecule has 1 heterocycles. The molecule has 1 fully saturated rings. The van der Waals surface area contributed by atoms with Gasteiger partial charge in [-0.1, -0.05) is 12.8 Å². The fourth-order valence-corrected chi connectivity index (χ4v) is 5.23. The zero-order valence-corrected chi connectivity index (χ0v) is 14.1. The van der Waals surface area contributed by atoms with Crippen molar-refractivity contribution in [3.05, 3.63) is 23.3 Å². The molecule has 4 nitrogen and oxygen atoms in total. The van der Waals surface area contributed by atoms with Gasteiger partial charge in [0.2, 0.25) is 10.0 Å². The third-order valence-electron chi connectivity index (χ3n) is 4.81. The molecule has 0 amide bonds. The van der Waals surface area contributed by atoms with Crippen molar-refractivity contribution >= 4 is 10.0 Å². The van der Waals surface area contributed by atoms with Crippen LogP contribution >= 0.6 is 0 Å². The highest BCUT2D eigenvalue weighted by molar-refractivity contribution is 7.89. The predicted octanol–water partition coefficient (Wildman–Crippen LogP) is 3.14. The zero-order chi connectivity index (χ0) is 15.6. The maximum atomic E-state index is 13.1. The monoisotopic (exact) mass is 323 g/mol. The summed E-state index contributed by atoms with van der Waals surface area (Å²) in [6.45, 7) is 1.26. The van der Waals surface area contributed by atoms with Gasteiger partial charge in [-0.15, -0.1) is 0 Å². The second kappa shape index (κ2) is 6.59. The number of fused-ring (bicyclic) bond motifs is 1. The molecule has 22 heavy (non-hydrogen) atoms. The van der Waals surface area contributed by atoms with Crippen molar-refractivity contribution in [2.75, 3.05) is 20.2 Å². The molecular formula is C17H25NO3S. The summed E-state index contributed by atoms with van der Waals surface area (Å²) < 4.78 is 33.2. The minimum absolute atomic E-state index is 0.359. The molecule has 1 aliphatic carbocycles. The van der Waals surface area contributed by atoms with Gasteiger partial charge >= 0.3 is 0 Å². The maximum absolute atomic E-state index is 13.1. The molecule has 0 unspecified atom stereocenters. The van der Waals surface area contributed by atoms with Gasteiger partial charge in [-0.05, 0) is 61.8 Å². The fraction of sp³-hybridized carbons (Fsp3) is 0.647. The van der Waals surface area contributed by atoms with Crippen molar-refractivity contribution in [1.29, 1.82) is 0 Å². The summed E-state index contributed by atoms with van der Waals surface area (Å²) in [4.78, 5) is 0.359. The van der Waals surface area contributed by atoms with Gasteiger partial charge in [0.05, 0.1) is 7.11 Å². The third kappa shape index (κ3) is 3.01. The Balaban J connectivity index is 2.01. The zero-order valence-electron chi connectivity index (χ0n) is 13.3. The number of rotatable bonds is 3. The molecule has 3 rings (SSSR count). The maximum Gasteiger partial charge on any atom is 0.246 e. The molecule has 5 heteroatoms. The lowest BCUT2D eigenvalue weighted by Crippen LogP contribution is -2.32. The van der Waals surface area contributed by atoms with Gasteiger partial charge in [0.1, 0.15) is 10.6 Å². The lowest BCUT2D eigenvalue weighted by molar-refractivity contribution is 0.390. The number of sulfonamides is 1. The van der Waals surface area contributed by atoms with E-state index >= 15 is 0 Å². The Labute approximate surface area is 133 Å². The van der Waals surface area contributed by atoms with Gasteiger partial charge in [-0.2, -0.15) is 4.31 Å². The van der Waals surface area contributed by atoms with E-state index in [9.17, 15) is 8.42 Å². The molecular weight excluding hydrogens is 298 g/mol. The van der Waals surface area contributed by atoms with E-state index in [1.54, 1.807) is 11.4 Å². The minimum Gasteiger partial charge on any atom is -0.495 e. The first-order chi connectivity index (χ1) is 10.6. The summed E-state index contributed by atoms with van der Waals surface area (Å²) in [5.74, 6) is 0.505. The first-order valence-electron chi connectivity index (χ1n) is 8.33. The smallest absolute Gasteiger partial charge is 0.246 e. The standard InChI is InChI=1S/C17H25NO3S/c1-21-16-12-14-8-4-5-9-15(14)13-17(16)22(19,20)18-10-6-2-3-7-11-18/h12-13H,2-11H2,1H3. The highest BCUT2D eigenvalue weighted by Crippen LogP contribution is 2.34. The van der Waals surface area contributed by atoms with E-state index in [2.05, 4.69) is 0 Å². The molecule has 0 spiro atoms. The average molecular weight is 323 g/mol. The van der Waals surface area contributed by atoms with Crippen LogP contribution in [-0.2, 0) is 22.9 Å². The van der Waals surface area contributed by atoms with Crippen LogP contribution in [-0.4, -0.2) is 32.9 Å². The third-order valence-corrected chi connectivity index (χ3v) is 6.73. The van der Waals surface area contributed by atoms with Crippen molar-refractivity contribution in [3.8, 4) is 5.75 Å². The van der Waals surface area contributed by atoms with Gasteiger partial charge in [0.25, 0.3) is 0 Å². The lowest BCUT2D eigenvalue weighted by Gasteiger charge is -2.24. The summed E-state index contributed by atoms with van der Waals surface area (Å²) in [5.41, 5.74) is 2.43. The van der Waals surface area contributed by atoms with E-state index in [1.807, 2.05) is 12.1 Å². The van der Waals surface area contributed by atoms with Gasteiger partial charge in [-0.25, -0.2) is 8.42 Å². The van der Waals surface area contributed by atoms with E-state index in [0.29, 0.717) is 23.7 Å². The number of aryl methyl sites for hydroxylation is 2. The topological polar surface area (TPSA) is 46.6 Å². The molecule has 0 radical (unpaired) electrons. The van der Waals surface area contributed by atoms with Gasteiger partial charge in [0.15, 0.2) is 0 Å². The summed E-state index contributed by atoms with van der Waals surface area (Å²) in [6, 6.07) is 3.81. The highest BCUT2D eigenvalue weighted by atomic mass is 32.2. The Morgan fingerprint density at radius 3 is 2.09 bits per heavy atom. The summed E-state index contributed by atoms with van der Waals surface area (Å²) >= 11 is 0. The molecule has 1 aromatic rings. The van der Waals surface area contributed by atoms with E-state index < -0.39 is 10.0 Å². The summed E-state index contributed by atoms with van der Waals surface area (Å²) in [7, 11) is -1.89. The molecule has 1 aliphatic heterocycles. The van der Waals surface area contributed by atoms with Crippen LogP contribution in [0.3, 0.4) is 0 Å². The molecule has 1 aromatic carbocycles. The van der Waals surface area contributed by atoms with Crippen LogP contribution in [0.4, 0.5) is 0 Å². The van der Waals surface area contributed by atoms with Crippen LogP contribution in [0.2, 0.25) is 0 Å². The first kappa shape index (κ1) is 15.8. The second-order valence-electron chi connectivity index (χ2n) is 6.30. The van der Waals surface area contributed by atoms with E-state index in [4.69, 9.17) is 4.74 Å². The molecule has 0 N–H and O–H groups in total. The van der Waals surface area contributed by atoms with E-state index in [-0.39, 0.29) is 0 Å². The minimum atomic E-state index is -3.45. The van der Waals surface area contributed by atoms with Crippen molar-refractivity contribution in [2.45, 2.75) is 56.3 Å². The normalized spacial score (nSPS) is 20.2. The molecule has 0 saturated carbocycles. The Morgan fingerprint density at radius 2 is 1.50 bits per heavy atom. The number of hydrogen-bond donors (Lipinski definition) is 0. The quantitative estimate of drug-likeness (QED) is 0.858. The molecule has 122 valence electrons. The Hall–Kier alpha value is -1.07. The van der Waals surface area contributed by atoms with Crippen LogP contribution in [0, 0.1) is 0 Å². The number of nitrogens with zero attached hydrogens (tertiary/aromatic N) is 1. The molecule has 1 saturated heterocycles. The number of hydrogen-bond acceptors (Lipinski definition) is 3. The Kier molecular flexibility index (Phi) is 4.73. The van der Waals surface area contributed by atoms with Crippen LogP contribution in [0.15, 0.2) is 17.0 Å². The Morgan fingerprint density at radius 1 is 0.909 bits per heavy atom. The fourth-order valence-electron chi connectivity index (χ4n) is 3.52. The van der Waals surface area contributed by atoms with Gasteiger partial charge < -0.3 is 4.74 Å². The number of methoxy groups -OCH3 is 1.